The van der Waals surface area contributed by atoms with Gasteiger partial charge in [0.25, 0.3) is 5.91 Å². The molecule has 1 amide bonds. The van der Waals surface area contributed by atoms with Crippen LogP contribution >= 0.6 is 15.9 Å². The quantitative estimate of drug-likeness (QED) is 0.906. The van der Waals surface area contributed by atoms with Gasteiger partial charge in [0.2, 0.25) is 0 Å². The Labute approximate surface area is 103 Å². The molecule has 0 radical (unpaired) electrons. The van der Waals surface area contributed by atoms with E-state index in [1.165, 1.54) is 31.7 Å². The first-order valence-corrected chi connectivity index (χ1v) is 6.33. The smallest absolute Gasteiger partial charge is 0.271 e. The molecular formula is C11H14BrN3O. The van der Waals surface area contributed by atoms with Crippen LogP contribution in [0.5, 0.6) is 0 Å². The lowest BCUT2D eigenvalue weighted by molar-refractivity contribution is 0.0922. The average Bonchev–Trinajstić information content (AvgIpc) is 2.31. The number of carbonyl (C=O) groups excluding carboxylic acids is 1. The summed E-state index contributed by atoms with van der Waals surface area (Å²) in [4.78, 5) is 19.8. The van der Waals surface area contributed by atoms with Gasteiger partial charge in [-0.15, -0.1) is 0 Å². The molecule has 0 saturated heterocycles. The Morgan fingerprint density at radius 1 is 1.25 bits per heavy atom. The Morgan fingerprint density at radius 2 is 2.00 bits per heavy atom. The van der Waals surface area contributed by atoms with Crippen LogP contribution in [0, 0.1) is 0 Å². The summed E-state index contributed by atoms with van der Waals surface area (Å²) in [6.45, 7) is 0. The summed E-state index contributed by atoms with van der Waals surface area (Å²) >= 11 is 3.19. The zero-order valence-corrected chi connectivity index (χ0v) is 10.5. The Morgan fingerprint density at radius 3 is 2.62 bits per heavy atom. The fourth-order valence-electron chi connectivity index (χ4n) is 1.94. The lowest BCUT2D eigenvalue weighted by Crippen LogP contribution is -2.36. The summed E-state index contributed by atoms with van der Waals surface area (Å²) < 4.78 is 0.640. The van der Waals surface area contributed by atoms with Crippen LogP contribution in [0.25, 0.3) is 0 Å². The minimum atomic E-state index is -0.119. The van der Waals surface area contributed by atoms with Gasteiger partial charge in [-0.25, -0.2) is 9.97 Å². The molecule has 2 rings (SSSR count). The van der Waals surface area contributed by atoms with Crippen molar-refractivity contribution in [1.29, 1.82) is 0 Å². The van der Waals surface area contributed by atoms with Gasteiger partial charge in [-0.3, -0.25) is 4.79 Å². The van der Waals surface area contributed by atoms with Gasteiger partial charge in [0, 0.05) is 6.04 Å². The number of hydrogen-bond donors (Lipinski definition) is 1. The van der Waals surface area contributed by atoms with E-state index in [0.29, 0.717) is 16.3 Å². The van der Waals surface area contributed by atoms with Gasteiger partial charge in [0.15, 0.2) is 0 Å². The average molecular weight is 284 g/mol. The van der Waals surface area contributed by atoms with Crippen LogP contribution in [-0.2, 0) is 0 Å². The van der Waals surface area contributed by atoms with Gasteiger partial charge in [-0.1, -0.05) is 19.3 Å². The second-order valence-electron chi connectivity index (χ2n) is 4.03. The van der Waals surface area contributed by atoms with Crippen LogP contribution in [0.15, 0.2) is 17.0 Å². The standard InChI is InChI=1S/C11H14BrN3O/c12-10-7-13-9(6-14-10)11(16)15-8-4-2-1-3-5-8/h6-8H,1-5H2,(H,15,16). The van der Waals surface area contributed by atoms with E-state index in [1.807, 2.05) is 0 Å². The summed E-state index contributed by atoms with van der Waals surface area (Å²) in [6, 6.07) is 0.312. The van der Waals surface area contributed by atoms with Crippen LogP contribution in [-0.4, -0.2) is 21.9 Å². The number of nitrogens with zero attached hydrogens (tertiary/aromatic N) is 2. The molecule has 0 atom stereocenters. The normalized spacial score (nSPS) is 17.1. The van der Waals surface area contributed by atoms with Gasteiger partial charge in [0.1, 0.15) is 10.3 Å². The van der Waals surface area contributed by atoms with Crippen molar-refractivity contribution in [2.24, 2.45) is 0 Å². The van der Waals surface area contributed by atoms with Gasteiger partial charge >= 0.3 is 0 Å². The number of aromatic nitrogens is 2. The van der Waals surface area contributed by atoms with E-state index in [4.69, 9.17) is 0 Å². The van der Waals surface area contributed by atoms with Gasteiger partial charge in [-0.2, -0.15) is 0 Å². The first kappa shape index (κ1) is 11.5. The predicted octanol–water partition coefficient (Wildman–Crippen LogP) is 2.30. The van der Waals surface area contributed by atoms with Gasteiger partial charge in [0.05, 0.1) is 12.4 Å². The molecule has 1 fully saturated rings. The van der Waals surface area contributed by atoms with E-state index in [0.717, 1.165) is 12.8 Å². The Balaban J connectivity index is 1.94. The van der Waals surface area contributed by atoms with Crippen LogP contribution in [0.4, 0.5) is 0 Å². The summed E-state index contributed by atoms with van der Waals surface area (Å²) in [7, 11) is 0. The third-order valence-corrected chi connectivity index (χ3v) is 3.20. The molecule has 0 unspecified atom stereocenters. The highest BCUT2D eigenvalue weighted by atomic mass is 79.9. The largest absolute Gasteiger partial charge is 0.348 e. The second kappa shape index (κ2) is 5.39. The molecular weight excluding hydrogens is 270 g/mol. The van der Waals surface area contributed by atoms with E-state index in [2.05, 4.69) is 31.2 Å². The summed E-state index contributed by atoms with van der Waals surface area (Å²) in [5.41, 5.74) is 0.383. The monoisotopic (exact) mass is 283 g/mol. The molecule has 16 heavy (non-hydrogen) atoms. The minimum Gasteiger partial charge on any atom is -0.348 e. The number of nitrogens with one attached hydrogen (secondary N) is 1. The molecule has 4 nitrogen and oxygen atoms in total. The van der Waals surface area contributed by atoms with Crippen molar-refractivity contribution in [2.45, 2.75) is 38.1 Å². The fraction of sp³-hybridized carbons (Fsp3) is 0.545. The number of amides is 1. The zero-order chi connectivity index (χ0) is 11.4. The Kier molecular flexibility index (Phi) is 3.88. The number of halogens is 1. The van der Waals surface area contributed by atoms with E-state index in [-0.39, 0.29) is 5.91 Å². The highest BCUT2D eigenvalue weighted by Gasteiger charge is 2.17. The van der Waals surface area contributed by atoms with Gasteiger partial charge in [-0.05, 0) is 28.8 Å². The van der Waals surface area contributed by atoms with Crippen molar-refractivity contribution in [3.05, 3.63) is 22.7 Å². The first-order chi connectivity index (χ1) is 7.75. The van der Waals surface area contributed by atoms with Crippen LogP contribution in [0.1, 0.15) is 42.6 Å². The van der Waals surface area contributed by atoms with Crippen LogP contribution < -0.4 is 5.32 Å². The summed E-state index contributed by atoms with van der Waals surface area (Å²) in [5.74, 6) is -0.119. The molecule has 1 saturated carbocycles. The maximum absolute atomic E-state index is 11.8. The van der Waals surface area contributed by atoms with E-state index >= 15 is 0 Å². The van der Waals surface area contributed by atoms with Crippen molar-refractivity contribution in [3.63, 3.8) is 0 Å². The molecule has 0 spiro atoms. The summed E-state index contributed by atoms with van der Waals surface area (Å²) in [5, 5.41) is 3.00. The molecule has 0 aromatic carbocycles. The topological polar surface area (TPSA) is 54.9 Å². The maximum atomic E-state index is 11.8. The second-order valence-corrected chi connectivity index (χ2v) is 4.85. The van der Waals surface area contributed by atoms with Crippen LogP contribution in [0.3, 0.4) is 0 Å². The molecule has 1 aliphatic carbocycles. The third kappa shape index (κ3) is 3.01. The number of rotatable bonds is 2. The SMILES string of the molecule is O=C(NC1CCCCC1)c1cnc(Br)cn1. The molecule has 1 aromatic rings. The summed E-state index contributed by atoms with van der Waals surface area (Å²) in [6.07, 6.45) is 8.88. The Hall–Kier alpha value is -0.970. The predicted molar refractivity (Wildman–Crippen MR) is 64.1 cm³/mol. The molecule has 1 aromatic heterocycles. The molecule has 5 heteroatoms. The zero-order valence-electron chi connectivity index (χ0n) is 8.95. The minimum absolute atomic E-state index is 0.119. The Bertz CT molecular complexity index is 360. The molecule has 0 bridgehead atoms. The lowest BCUT2D eigenvalue weighted by atomic mass is 9.95. The first-order valence-electron chi connectivity index (χ1n) is 5.54. The van der Waals surface area contributed by atoms with Crippen molar-refractivity contribution in [1.82, 2.24) is 15.3 Å². The molecule has 1 aliphatic rings. The molecule has 1 heterocycles. The third-order valence-electron chi connectivity index (χ3n) is 2.79. The van der Waals surface area contributed by atoms with Crippen molar-refractivity contribution >= 4 is 21.8 Å². The highest BCUT2D eigenvalue weighted by Crippen LogP contribution is 2.17. The highest BCUT2D eigenvalue weighted by molar-refractivity contribution is 9.10. The maximum Gasteiger partial charge on any atom is 0.271 e. The molecule has 1 N–H and O–H groups in total. The van der Waals surface area contributed by atoms with E-state index in [9.17, 15) is 4.79 Å². The number of carbonyl (C=O) groups is 1. The van der Waals surface area contributed by atoms with Crippen molar-refractivity contribution < 1.29 is 4.79 Å². The lowest BCUT2D eigenvalue weighted by Gasteiger charge is -2.22. The van der Waals surface area contributed by atoms with Crippen molar-refractivity contribution in [3.8, 4) is 0 Å². The van der Waals surface area contributed by atoms with E-state index in [1.54, 1.807) is 0 Å². The van der Waals surface area contributed by atoms with Crippen LogP contribution in [0.2, 0.25) is 0 Å². The fourth-order valence-corrected chi connectivity index (χ4v) is 2.14. The van der Waals surface area contributed by atoms with E-state index < -0.39 is 0 Å². The number of hydrogen-bond acceptors (Lipinski definition) is 3. The van der Waals surface area contributed by atoms with Crippen molar-refractivity contribution in [2.75, 3.05) is 0 Å². The molecule has 0 aliphatic heterocycles. The van der Waals surface area contributed by atoms with Gasteiger partial charge < -0.3 is 5.32 Å². The molecule has 86 valence electrons.